The molecular weight excluding hydrogens is 146 g/mol. The summed E-state index contributed by atoms with van der Waals surface area (Å²) in [7, 11) is 1.32. The molecule has 0 bridgehead atoms. The minimum absolute atomic E-state index is 0.00352. The van der Waals surface area contributed by atoms with Crippen LogP contribution in [0.15, 0.2) is 0 Å². The van der Waals surface area contributed by atoms with Crippen molar-refractivity contribution in [3.8, 4) is 0 Å². The number of hydrogen-bond acceptors (Lipinski definition) is 4. The van der Waals surface area contributed by atoms with Gasteiger partial charge in [-0.25, -0.2) is 4.79 Å². The first-order valence-electron chi connectivity index (χ1n) is 3.78. The number of rotatable bonds is 1. The van der Waals surface area contributed by atoms with Gasteiger partial charge in [0.2, 0.25) is 0 Å². The molecule has 1 aliphatic rings. The zero-order chi connectivity index (χ0) is 8.10. The Morgan fingerprint density at radius 2 is 2.45 bits per heavy atom. The molecule has 1 N–H and O–H groups in total. The van der Waals surface area contributed by atoms with Crippen LogP contribution in [0.3, 0.4) is 0 Å². The van der Waals surface area contributed by atoms with E-state index in [1.54, 1.807) is 0 Å². The van der Waals surface area contributed by atoms with E-state index in [0.717, 1.165) is 25.9 Å². The number of nitrogens with one attached hydrogen (secondary N) is 1. The van der Waals surface area contributed by atoms with Crippen LogP contribution in [0.2, 0.25) is 0 Å². The molecule has 1 heterocycles. The molecule has 0 aromatic carbocycles. The summed E-state index contributed by atoms with van der Waals surface area (Å²) in [6.07, 6.45) is 1.40. The van der Waals surface area contributed by atoms with Crippen molar-refractivity contribution >= 4 is 6.16 Å². The average molecular weight is 159 g/mol. The van der Waals surface area contributed by atoms with E-state index in [1.807, 2.05) is 0 Å². The predicted molar refractivity (Wildman–Crippen MR) is 39.4 cm³/mol. The van der Waals surface area contributed by atoms with Gasteiger partial charge in [-0.15, -0.1) is 0 Å². The lowest BCUT2D eigenvalue weighted by Crippen LogP contribution is -2.36. The van der Waals surface area contributed by atoms with Gasteiger partial charge in [-0.1, -0.05) is 0 Å². The van der Waals surface area contributed by atoms with Crippen molar-refractivity contribution in [3.05, 3.63) is 0 Å². The van der Waals surface area contributed by atoms with Crippen LogP contribution in [-0.2, 0) is 9.47 Å². The van der Waals surface area contributed by atoms with Crippen molar-refractivity contribution in [2.75, 3.05) is 20.2 Å². The average Bonchev–Trinajstić information content (AvgIpc) is 2.06. The van der Waals surface area contributed by atoms with Crippen LogP contribution < -0.4 is 5.32 Å². The summed E-state index contributed by atoms with van der Waals surface area (Å²) >= 11 is 0. The number of hydrogen-bond donors (Lipinski definition) is 1. The third-order valence-corrected chi connectivity index (χ3v) is 1.68. The first kappa shape index (κ1) is 8.33. The molecule has 0 spiro atoms. The SMILES string of the molecule is COC(=O)OC1CCCNC1. The molecule has 64 valence electrons. The van der Waals surface area contributed by atoms with Gasteiger partial charge in [0.05, 0.1) is 7.11 Å². The summed E-state index contributed by atoms with van der Waals surface area (Å²) in [5, 5.41) is 3.13. The summed E-state index contributed by atoms with van der Waals surface area (Å²) < 4.78 is 9.28. The predicted octanol–water partition coefficient (Wildman–Crippen LogP) is 0.521. The van der Waals surface area contributed by atoms with Gasteiger partial charge in [-0.2, -0.15) is 0 Å². The van der Waals surface area contributed by atoms with Crippen molar-refractivity contribution in [2.24, 2.45) is 0 Å². The van der Waals surface area contributed by atoms with Gasteiger partial charge >= 0.3 is 6.16 Å². The zero-order valence-corrected chi connectivity index (χ0v) is 6.63. The fraction of sp³-hybridized carbons (Fsp3) is 0.857. The molecule has 1 fully saturated rings. The van der Waals surface area contributed by atoms with Gasteiger partial charge in [0, 0.05) is 6.54 Å². The molecule has 0 saturated carbocycles. The van der Waals surface area contributed by atoms with Crippen LogP contribution in [0.1, 0.15) is 12.8 Å². The molecule has 0 aliphatic carbocycles. The van der Waals surface area contributed by atoms with Crippen molar-refractivity contribution in [2.45, 2.75) is 18.9 Å². The lowest BCUT2D eigenvalue weighted by molar-refractivity contribution is 0.0282. The summed E-state index contributed by atoms with van der Waals surface area (Å²) in [6, 6.07) is 0. The largest absolute Gasteiger partial charge is 0.508 e. The molecule has 0 aromatic rings. The van der Waals surface area contributed by atoms with Gasteiger partial charge < -0.3 is 14.8 Å². The second-order valence-corrected chi connectivity index (χ2v) is 2.54. The second kappa shape index (κ2) is 4.18. The van der Waals surface area contributed by atoms with E-state index in [1.165, 1.54) is 7.11 Å². The maximum atomic E-state index is 10.6. The van der Waals surface area contributed by atoms with Gasteiger partial charge in [0.25, 0.3) is 0 Å². The van der Waals surface area contributed by atoms with Crippen LogP contribution in [0.5, 0.6) is 0 Å². The molecule has 0 aromatic heterocycles. The standard InChI is InChI=1S/C7H13NO3/c1-10-7(9)11-6-3-2-4-8-5-6/h6,8H,2-5H2,1H3. The maximum absolute atomic E-state index is 10.6. The van der Waals surface area contributed by atoms with E-state index in [2.05, 4.69) is 10.1 Å². The highest BCUT2D eigenvalue weighted by atomic mass is 16.7. The lowest BCUT2D eigenvalue weighted by Gasteiger charge is -2.21. The van der Waals surface area contributed by atoms with E-state index < -0.39 is 6.16 Å². The molecule has 1 rings (SSSR count). The Morgan fingerprint density at radius 3 is 3.00 bits per heavy atom. The highest BCUT2D eigenvalue weighted by Crippen LogP contribution is 2.06. The summed E-state index contributed by atoms with van der Waals surface area (Å²) in [6.45, 7) is 1.76. The van der Waals surface area contributed by atoms with Crippen LogP contribution in [0.25, 0.3) is 0 Å². The van der Waals surface area contributed by atoms with Crippen molar-refractivity contribution in [1.29, 1.82) is 0 Å². The first-order valence-corrected chi connectivity index (χ1v) is 3.78. The molecular formula is C7H13NO3. The first-order chi connectivity index (χ1) is 5.33. The Hall–Kier alpha value is -0.770. The van der Waals surface area contributed by atoms with E-state index in [-0.39, 0.29) is 6.10 Å². The molecule has 0 radical (unpaired) electrons. The summed E-state index contributed by atoms with van der Waals surface area (Å²) in [5.74, 6) is 0. The Labute approximate surface area is 65.9 Å². The smallest absolute Gasteiger partial charge is 0.438 e. The third-order valence-electron chi connectivity index (χ3n) is 1.68. The molecule has 1 atom stereocenters. The van der Waals surface area contributed by atoms with Crippen LogP contribution in [-0.4, -0.2) is 32.5 Å². The molecule has 1 unspecified atom stereocenters. The van der Waals surface area contributed by atoms with Gasteiger partial charge in [0.15, 0.2) is 0 Å². The number of carbonyl (C=O) groups is 1. The monoisotopic (exact) mass is 159 g/mol. The third kappa shape index (κ3) is 2.76. The van der Waals surface area contributed by atoms with E-state index in [0.29, 0.717) is 0 Å². The molecule has 1 saturated heterocycles. The Kier molecular flexibility index (Phi) is 3.16. The van der Waals surface area contributed by atoms with Crippen molar-refractivity contribution in [3.63, 3.8) is 0 Å². The Balaban J connectivity index is 2.19. The number of methoxy groups -OCH3 is 1. The van der Waals surface area contributed by atoms with Crippen LogP contribution in [0.4, 0.5) is 4.79 Å². The maximum Gasteiger partial charge on any atom is 0.508 e. The topological polar surface area (TPSA) is 47.6 Å². The number of carbonyl (C=O) groups excluding carboxylic acids is 1. The quantitative estimate of drug-likeness (QED) is 0.567. The van der Waals surface area contributed by atoms with Gasteiger partial charge in [-0.3, -0.25) is 0 Å². The molecule has 4 heteroatoms. The lowest BCUT2D eigenvalue weighted by atomic mass is 10.1. The van der Waals surface area contributed by atoms with E-state index in [9.17, 15) is 4.79 Å². The van der Waals surface area contributed by atoms with Crippen molar-refractivity contribution in [1.82, 2.24) is 5.32 Å². The van der Waals surface area contributed by atoms with Gasteiger partial charge in [-0.05, 0) is 19.4 Å². The molecule has 0 amide bonds. The fourth-order valence-electron chi connectivity index (χ4n) is 1.10. The minimum atomic E-state index is -0.585. The number of piperidine rings is 1. The zero-order valence-electron chi connectivity index (χ0n) is 6.63. The van der Waals surface area contributed by atoms with E-state index >= 15 is 0 Å². The van der Waals surface area contributed by atoms with Crippen LogP contribution in [0, 0.1) is 0 Å². The Bertz CT molecular complexity index is 132. The van der Waals surface area contributed by atoms with E-state index in [4.69, 9.17) is 4.74 Å². The Morgan fingerprint density at radius 1 is 1.64 bits per heavy atom. The highest BCUT2D eigenvalue weighted by molar-refractivity contribution is 5.59. The van der Waals surface area contributed by atoms with Crippen LogP contribution >= 0.6 is 0 Å². The summed E-state index contributed by atoms with van der Waals surface area (Å²) in [5.41, 5.74) is 0. The molecule has 1 aliphatic heterocycles. The number of ether oxygens (including phenoxy) is 2. The fourth-order valence-corrected chi connectivity index (χ4v) is 1.10. The minimum Gasteiger partial charge on any atom is -0.438 e. The normalized spacial score (nSPS) is 24.3. The van der Waals surface area contributed by atoms with Crippen molar-refractivity contribution < 1.29 is 14.3 Å². The second-order valence-electron chi connectivity index (χ2n) is 2.54. The van der Waals surface area contributed by atoms with Gasteiger partial charge in [0.1, 0.15) is 6.10 Å². The molecule has 4 nitrogen and oxygen atoms in total. The molecule has 11 heavy (non-hydrogen) atoms. The summed E-state index contributed by atoms with van der Waals surface area (Å²) in [4.78, 5) is 10.6. The highest BCUT2D eigenvalue weighted by Gasteiger charge is 2.16.